The monoisotopic (exact) mass is 371 g/mol. The van der Waals surface area contributed by atoms with E-state index >= 15 is 0 Å². The number of carbonyl (C=O) groups is 3. The average Bonchev–Trinajstić information content (AvgIpc) is 2.75. The molecule has 0 spiro atoms. The SMILES string of the molecule is Cc1ccc(NC(=O)CN2C(=O)N[C@@H](CCS(C)(=O)=O)C2=O)c(F)c1. The fourth-order valence-corrected chi connectivity index (χ4v) is 2.97. The maximum absolute atomic E-state index is 13.7. The number of hydrogen-bond donors (Lipinski definition) is 2. The van der Waals surface area contributed by atoms with Crippen LogP contribution in [0.15, 0.2) is 18.2 Å². The third kappa shape index (κ3) is 4.99. The van der Waals surface area contributed by atoms with Crippen LogP contribution in [0.5, 0.6) is 0 Å². The van der Waals surface area contributed by atoms with E-state index in [-0.39, 0.29) is 17.9 Å². The Bertz CT molecular complexity index is 824. The quantitative estimate of drug-likeness (QED) is 0.704. The van der Waals surface area contributed by atoms with Crippen LogP contribution in [-0.4, -0.2) is 55.8 Å². The van der Waals surface area contributed by atoms with Crippen molar-refractivity contribution in [1.29, 1.82) is 0 Å². The number of anilines is 1. The summed E-state index contributed by atoms with van der Waals surface area (Å²) in [6.45, 7) is 1.10. The van der Waals surface area contributed by atoms with Gasteiger partial charge in [-0.25, -0.2) is 17.6 Å². The van der Waals surface area contributed by atoms with Crippen LogP contribution in [0.25, 0.3) is 0 Å². The molecule has 1 aliphatic rings. The van der Waals surface area contributed by atoms with E-state index in [9.17, 15) is 27.2 Å². The molecule has 1 heterocycles. The van der Waals surface area contributed by atoms with Crippen LogP contribution in [0.3, 0.4) is 0 Å². The summed E-state index contributed by atoms with van der Waals surface area (Å²) in [4.78, 5) is 36.6. The first-order valence-corrected chi connectivity index (χ1v) is 9.48. The zero-order valence-corrected chi connectivity index (χ0v) is 14.5. The predicted octanol–water partition coefficient (Wildman–Crippen LogP) is 0.428. The van der Waals surface area contributed by atoms with Crippen LogP contribution in [0.2, 0.25) is 0 Å². The maximum Gasteiger partial charge on any atom is 0.325 e. The molecule has 25 heavy (non-hydrogen) atoms. The molecule has 0 aromatic heterocycles. The summed E-state index contributed by atoms with van der Waals surface area (Å²) < 4.78 is 36.0. The number of amides is 4. The lowest BCUT2D eigenvalue weighted by Gasteiger charge is -2.13. The third-order valence-electron chi connectivity index (χ3n) is 3.58. The molecule has 1 aromatic carbocycles. The molecule has 2 N–H and O–H groups in total. The predicted molar refractivity (Wildman–Crippen MR) is 88.1 cm³/mol. The second-order valence-electron chi connectivity index (χ2n) is 5.88. The smallest absolute Gasteiger partial charge is 0.325 e. The van der Waals surface area contributed by atoms with E-state index in [0.717, 1.165) is 6.26 Å². The first-order valence-electron chi connectivity index (χ1n) is 7.42. The van der Waals surface area contributed by atoms with Crippen LogP contribution in [0.4, 0.5) is 14.9 Å². The molecule has 0 radical (unpaired) electrons. The van der Waals surface area contributed by atoms with E-state index in [1.54, 1.807) is 13.0 Å². The lowest BCUT2D eigenvalue weighted by molar-refractivity contribution is -0.130. The molecule has 1 aromatic rings. The Kier molecular flexibility index (Phi) is 5.41. The fourth-order valence-electron chi connectivity index (χ4n) is 2.31. The van der Waals surface area contributed by atoms with E-state index in [0.29, 0.717) is 10.5 Å². The number of carbonyl (C=O) groups excluding carboxylic acids is 3. The van der Waals surface area contributed by atoms with Gasteiger partial charge in [0.05, 0.1) is 11.4 Å². The second kappa shape index (κ2) is 7.18. The lowest BCUT2D eigenvalue weighted by Crippen LogP contribution is -2.38. The van der Waals surface area contributed by atoms with Crippen molar-refractivity contribution in [2.24, 2.45) is 0 Å². The molecule has 4 amide bonds. The molecule has 0 saturated carbocycles. The minimum absolute atomic E-state index is 0.0590. The van der Waals surface area contributed by atoms with E-state index < -0.39 is 46.1 Å². The van der Waals surface area contributed by atoms with Gasteiger partial charge in [-0.05, 0) is 31.0 Å². The standard InChI is InChI=1S/C15H18FN3O5S/c1-9-3-4-11(10(16)7-9)17-13(20)8-19-14(21)12(18-15(19)22)5-6-25(2,23)24/h3-4,7,12H,5-6,8H2,1-2H3,(H,17,20)(H,18,22)/t12-/m0/s1. The van der Waals surface area contributed by atoms with Crippen molar-refractivity contribution < 1.29 is 27.2 Å². The topological polar surface area (TPSA) is 113 Å². The van der Waals surface area contributed by atoms with Gasteiger partial charge in [-0.2, -0.15) is 0 Å². The summed E-state index contributed by atoms with van der Waals surface area (Å²) in [5.41, 5.74) is 0.620. The van der Waals surface area contributed by atoms with Gasteiger partial charge in [0.2, 0.25) is 5.91 Å². The van der Waals surface area contributed by atoms with Crippen LogP contribution in [0.1, 0.15) is 12.0 Å². The number of urea groups is 1. The summed E-state index contributed by atoms with van der Waals surface area (Å²) in [7, 11) is -3.29. The van der Waals surface area contributed by atoms with Crippen LogP contribution >= 0.6 is 0 Å². The Hall–Kier alpha value is -2.49. The summed E-state index contributed by atoms with van der Waals surface area (Å²) >= 11 is 0. The van der Waals surface area contributed by atoms with E-state index in [2.05, 4.69) is 10.6 Å². The highest BCUT2D eigenvalue weighted by molar-refractivity contribution is 7.90. The van der Waals surface area contributed by atoms with Crippen molar-refractivity contribution in [3.8, 4) is 0 Å². The van der Waals surface area contributed by atoms with Gasteiger partial charge in [0.15, 0.2) is 0 Å². The Morgan fingerprint density at radius 1 is 1.36 bits per heavy atom. The minimum atomic E-state index is -3.29. The zero-order chi connectivity index (χ0) is 18.8. The van der Waals surface area contributed by atoms with Gasteiger partial charge in [-0.1, -0.05) is 6.07 Å². The van der Waals surface area contributed by atoms with E-state index in [4.69, 9.17) is 0 Å². The fraction of sp³-hybridized carbons (Fsp3) is 0.400. The zero-order valence-electron chi connectivity index (χ0n) is 13.7. The summed E-state index contributed by atoms with van der Waals surface area (Å²) in [6.07, 6.45) is 0.948. The number of nitrogens with one attached hydrogen (secondary N) is 2. The van der Waals surface area contributed by atoms with E-state index in [1.807, 2.05) is 0 Å². The van der Waals surface area contributed by atoms with Crippen molar-refractivity contribution in [3.05, 3.63) is 29.6 Å². The van der Waals surface area contributed by atoms with Crippen LogP contribution in [-0.2, 0) is 19.4 Å². The molecular formula is C15H18FN3O5S. The molecule has 1 aliphatic heterocycles. The van der Waals surface area contributed by atoms with Crippen molar-refractivity contribution in [2.75, 3.05) is 23.9 Å². The van der Waals surface area contributed by atoms with Gasteiger partial charge < -0.3 is 10.6 Å². The number of sulfone groups is 1. The van der Waals surface area contributed by atoms with Crippen molar-refractivity contribution in [2.45, 2.75) is 19.4 Å². The van der Waals surface area contributed by atoms with Crippen molar-refractivity contribution in [1.82, 2.24) is 10.2 Å². The third-order valence-corrected chi connectivity index (χ3v) is 4.56. The molecule has 10 heteroatoms. The van der Waals surface area contributed by atoms with Gasteiger partial charge in [-0.3, -0.25) is 14.5 Å². The molecular weight excluding hydrogens is 353 g/mol. The summed E-state index contributed by atoms with van der Waals surface area (Å²) in [6, 6.07) is 2.44. The van der Waals surface area contributed by atoms with Crippen molar-refractivity contribution >= 4 is 33.4 Å². The normalized spacial score (nSPS) is 17.6. The summed E-state index contributed by atoms with van der Waals surface area (Å²) in [5.74, 6) is -2.32. The van der Waals surface area contributed by atoms with Crippen LogP contribution < -0.4 is 10.6 Å². The number of halogens is 1. The maximum atomic E-state index is 13.7. The first kappa shape index (κ1) is 18.8. The number of rotatable bonds is 6. The first-order chi connectivity index (χ1) is 11.6. The number of benzene rings is 1. The average molecular weight is 371 g/mol. The minimum Gasteiger partial charge on any atom is -0.326 e. The molecule has 0 bridgehead atoms. The molecule has 1 atom stereocenters. The number of aryl methyl sites for hydroxylation is 1. The number of hydrogen-bond acceptors (Lipinski definition) is 5. The highest BCUT2D eigenvalue weighted by Gasteiger charge is 2.39. The molecule has 136 valence electrons. The van der Waals surface area contributed by atoms with Gasteiger partial charge in [0, 0.05) is 6.26 Å². The second-order valence-corrected chi connectivity index (χ2v) is 8.14. The molecule has 1 saturated heterocycles. The van der Waals surface area contributed by atoms with Gasteiger partial charge >= 0.3 is 6.03 Å². The lowest BCUT2D eigenvalue weighted by atomic mass is 10.2. The van der Waals surface area contributed by atoms with E-state index in [1.165, 1.54) is 12.1 Å². The van der Waals surface area contributed by atoms with Gasteiger partial charge in [0.1, 0.15) is 28.2 Å². The van der Waals surface area contributed by atoms with Gasteiger partial charge in [-0.15, -0.1) is 0 Å². The summed E-state index contributed by atoms with van der Waals surface area (Å²) in [5, 5.41) is 4.63. The van der Waals surface area contributed by atoms with Crippen molar-refractivity contribution in [3.63, 3.8) is 0 Å². The molecule has 8 nitrogen and oxygen atoms in total. The molecule has 0 unspecified atom stereocenters. The molecule has 0 aliphatic carbocycles. The molecule has 1 fully saturated rings. The van der Waals surface area contributed by atoms with Crippen LogP contribution in [0, 0.1) is 12.7 Å². The Morgan fingerprint density at radius 3 is 2.64 bits per heavy atom. The Balaban J connectivity index is 1.98. The number of nitrogens with zero attached hydrogens (tertiary/aromatic N) is 1. The Morgan fingerprint density at radius 2 is 2.04 bits per heavy atom. The number of imide groups is 1. The molecule has 2 rings (SSSR count). The van der Waals surface area contributed by atoms with Gasteiger partial charge in [0.25, 0.3) is 5.91 Å². The highest BCUT2D eigenvalue weighted by Crippen LogP contribution is 2.16. The Labute approximate surface area is 144 Å². The largest absolute Gasteiger partial charge is 0.326 e. The highest BCUT2D eigenvalue weighted by atomic mass is 32.2.